The van der Waals surface area contributed by atoms with Gasteiger partial charge in [0.1, 0.15) is 32.0 Å². The van der Waals surface area contributed by atoms with Crippen LogP contribution in [0.2, 0.25) is 0 Å². The van der Waals surface area contributed by atoms with Gasteiger partial charge in [0.15, 0.2) is 6.04 Å². The average Bonchev–Trinajstić information content (AvgIpc) is 3.04. The molecule has 2 amide bonds. The number of carbonyl (C=O) groups excluding carboxylic acids is 2. The summed E-state index contributed by atoms with van der Waals surface area (Å²) in [5.41, 5.74) is 1.26. The minimum Gasteiger partial charge on any atom is -0.322 e. The second-order valence-electron chi connectivity index (χ2n) is 7.70. The fourth-order valence-electron chi connectivity index (χ4n) is 4.24. The fraction of sp³-hybridized carbons (Fsp3) is 0.304. The summed E-state index contributed by atoms with van der Waals surface area (Å²) in [6.07, 6.45) is 4.49. The molecule has 2 aromatic rings. The van der Waals surface area contributed by atoms with Crippen LogP contribution >= 0.6 is 0 Å². The minimum atomic E-state index is -0.538. The quantitative estimate of drug-likeness (QED) is 0.698. The molecule has 2 fully saturated rings. The number of anilines is 1. The Morgan fingerprint density at radius 3 is 2.38 bits per heavy atom. The molecule has 6 heteroatoms. The molecule has 0 aliphatic carbocycles. The van der Waals surface area contributed by atoms with Crippen LogP contribution in [0, 0.1) is 5.82 Å². The number of hydrogen-bond donors (Lipinski definition) is 2. The first kappa shape index (κ1) is 19.5. The summed E-state index contributed by atoms with van der Waals surface area (Å²) < 4.78 is 14.1. The van der Waals surface area contributed by atoms with E-state index in [4.69, 9.17) is 0 Å². The number of nitrogens with one attached hydrogen (secondary N) is 2. The van der Waals surface area contributed by atoms with Gasteiger partial charge in [0, 0.05) is 0 Å². The lowest BCUT2D eigenvalue weighted by Crippen LogP contribution is -3.30. The minimum absolute atomic E-state index is 0.0692. The van der Waals surface area contributed by atoms with Crippen LogP contribution in [0.5, 0.6) is 0 Å². The Labute approximate surface area is 170 Å². The fourth-order valence-corrected chi connectivity index (χ4v) is 4.24. The number of benzene rings is 2. The molecule has 4 rings (SSSR count). The molecule has 2 heterocycles. The molecule has 29 heavy (non-hydrogen) atoms. The van der Waals surface area contributed by atoms with Crippen LogP contribution in [-0.2, 0) is 9.59 Å². The number of rotatable bonds is 5. The lowest BCUT2D eigenvalue weighted by atomic mass is 10.1. The second kappa shape index (κ2) is 8.68. The maximum atomic E-state index is 14.1. The Bertz CT molecular complexity index is 907. The van der Waals surface area contributed by atoms with E-state index in [-0.39, 0.29) is 23.9 Å². The van der Waals surface area contributed by atoms with Crippen LogP contribution in [0.4, 0.5) is 10.1 Å². The van der Waals surface area contributed by atoms with Gasteiger partial charge in [-0.3, -0.25) is 9.59 Å². The van der Waals surface area contributed by atoms with Crippen molar-refractivity contribution in [2.75, 3.05) is 37.6 Å². The molecule has 2 N–H and O–H groups in total. The van der Waals surface area contributed by atoms with Crippen molar-refractivity contribution in [1.29, 1.82) is 0 Å². The number of hydrogen-bond acceptors (Lipinski definition) is 2. The Balaban J connectivity index is 1.33. The van der Waals surface area contributed by atoms with Crippen molar-refractivity contribution in [2.24, 2.45) is 0 Å². The summed E-state index contributed by atoms with van der Waals surface area (Å²) in [7, 11) is 0. The van der Waals surface area contributed by atoms with Gasteiger partial charge in [0.05, 0.1) is 18.7 Å². The van der Waals surface area contributed by atoms with Crippen LogP contribution < -0.4 is 14.7 Å². The highest BCUT2D eigenvalue weighted by Crippen LogP contribution is 2.24. The molecule has 2 aromatic carbocycles. The molecule has 1 atom stereocenters. The highest BCUT2D eigenvalue weighted by molar-refractivity contribution is 6.21. The average molecular weight is 395 g/mol. The van der Waals surface area contributed by atoms with Crippen LogP contribution in [0.1, 0.15) is 12.0 Å². The van der Waals surface area contributed by atoms with E-state index < -0.39 is 11.9 Å². The Kier molecular flexibility index (Phi) is 5.83. The third kappa shape index (κ3) is 4.28. The Morgan fingerprint density at radius 1 is 0.966 bits per heavy atom. The van der Waals surface area contributed by atoms with E-state index in [2.05, 4.69) is 24.3 Å². The van der Waals surface area contributed by atoms with E-state index in [1.54, 1.807) is 12.1 Å². The van der Waals surface area contributed by atoms with Gasteiger partial charge in [-0.1, -0.05) is 48.5 Å². The van der Waals surface area contributed by atoms with E-state index in [0.717, 1.165) is 42.5 Å². The SMILES string of the molecule is O=C1C[C@H]([NH+]2CC[NH+](C/C=C/c3ccccc3)CC2)C(=O)N1c1ccccc1F. The summed E-state index contributed by atoms with van der Waals surface area (Å²) in [6.45, 7) is 4.52. The molecule has 0 spiro atoms. The van der Waals surface area contributed by atoms with E-state index in [0.29, 0.717) is 0 Å². The molecule has 0 aromatic heterocycles. The number of imide groups is 1. The Hall–Kier alpha value is -2.83. The summed E-state index contributed by atoms with van der Waals surface area (Å²) >= 11 is 0. The standard InChI is InChI=1S/C23H24FN3O2/c24-19-10-4-5-11-20(19)27-22(28)17-21(23(27)29)26-15-13-25(14-16-26)12-6-9-18-7-2-1-3-8-18/h1-11,21H,12-17H2/p+2/b9-6+/t21-/m0/s1. The molecule has 150 valence electrons. The zero-order valence-corrected chi connectivity index (χ0v) is 16.3. The van der Waals surface area contributed by atoms with Crippen LogP contribution in [0.15, 0.2) is 60.7 Å². The third-order valence-corrected chi connectivity index (χ3v) is 5.85. The van der Waals surface area contributed by atoms with Crippen molar-refractivity contribution in [2.45, 2.75) is 12.5 Å². The topological polar surface area (TPSA) is 46.3 Å². The largest absolute Gasteiger partial charge is 0.322 e. The van der Waals surface area contributed by atoms with Crippen molar-refractivity contribution in [3.05, 3.63) is 72.1 Å². The zero-order chi connectivity index (χ0) is 20.2. The highest BCUT2D eigenvalue weighted by atomic mass is 19.1. The normalized spacial score (nSPS) is 25.1. The number of piperazine rings is 1. The van der Waals surface area contributed by atoms with Gasteiger partial charge < -0.3 is 9.80 Å². The number of nitrogens with zero attached hydrogens (tertiary/aromatic N) is 1. The van der Waals surface area contributed by atoms with Gasteiger partial charge in [-0.25, -0.2) is 9.29 Å². The lowest BCUT2D eigenvalue weighted by molar-refractivity contribution is -1.02. The number of carbonyl (C=O) groups is 2. The van der Waals surface area contributed by atoms with Gasteiger partial charge in [-0.15, -0.1) is 0 Å². The van der Waals surface area contributed by atoms with Crippen LogP contribution in [0.3, 0.4) is 0 Å². The molecule has 0 saturated carbocycles. The smallest absolute Gasteiger partial charge is 0.292 e. The van der Waals surface area contributed by atoms with E-state index in [9.17, 15) is 14.0 Å². The number of amides is 2. The van der Waals surface area contributed by atoms with Gasteiger partial charge in [-0.2, -0.15) is 0 Å². The maximum Gasteiger partial charge on any atom is 0.292 e. The van der Waals surface area contributed by atoms with Crippen molar-refractivity contribution < 1.29 is 23.8 Å². The first-order chi connectivity index (χ1) is 14.1. The van der Waals surface area contributed by atoms with E-state index >= 15 is 0 Å². The van der Waals surface area contributed by atoms with Gasteiger partial charge >= 0.3 is 0 Å². The van der Waals surface area contributed by atoms with Crippen molar-refractivity contribution in [3.63, 3.8) is 0 Å². The second-order valence-corrected chi connectivity index (χ2v) is 7.70. The lowest BCUT2D eigenvalue weighted by Gasteiger charge is -2.31. The number of quaternary nitrogens is 2. The van der Waals surface area contributed by atoms with Crippen LogP contribution in [-0.4, -0.2) is 50.6 Å². The molecule has 5 nitrogen and oxygen atoms in total. The van der Waals surface area contributed by atoms with E-state index in [1.165, 1.54) is 22.6 Å². The summed E-state index contributed by atoms with van der Waals surface area (Å²) in [4.78, 5) is 29.0. The molecule has 0 unspecified atom stereocenters. The van der Waals surface area contributed by atoms with Crippen molar-refractivity contribution in [1.82, 2.24) is 0 Å². The van der Waals surface area contributed by atoms with Crippen molar-refractivity contribution in [3.8, 4) is 0 Å². The van der Waals surface area contributed by atoms with E-state index in [1.807, 2.05) is 18.2 Å². The third-order valence-electron chi connectivity index (χ3n) is 5.85. The predicted octanol–water partition coefficient (Wildman–Crippen LogP) is -0.0456. The molecule has 2 aliphatic heterocycles. The summed E-state index contributed by atoms with van der Waals surface area (Å²) in [6, 6.07) is 15.8. The molecule has 2 aliphatic rings. The number of halogens is 1. The molecular formula is C23H26FN3O2+2. The summed E-state index contributed by atoms with van der Waals surface area (Å²) in [5, 5.41) is 0. The molecule has 0 radical (unpaired) electrons. The van der Waals surface area contributed by atoms with Crippen LogP contribution in [0.25, 0.3) is 6.08 Å². The monoisotopic (exact) mass is 395 g/mol. The predicted molar refractivity (Wildman–Crippen MR) is 109 cm³/mol. The zero-order valence-electron chi connectivity index (χ0n) is 16.3. The van der Waals surface area contributed by atoms with Crippen molar-refractivity contribution >= 4 is 23.6 Å². The number of para-hydroxylation sites is 1. The molecule has 0 bridgehead atoms. The molecule has 2 saturated heterocycles. The van der Waals surface area contributed by atoms with Gasteiger partial charge in [-0.05, 0) is 23.8 Å². The van der Waals surface area contributed by atoms with Gasteiger partial charge in [0.2, 0.25) is 5.91 Å². The maximum absolute atomic E-state index is 14.1. The Morgan fingerprint density at radius 2 is 1.66 bits per heavy atom. The summed E-state index contributed by atoms with van der Waals surface area (Å²) in [5.74, 6) is -1.12. The molecular weight excluding hydrogens is 369 g/mol. The first-order valence-corrected chi connectivity index (χ1v) is 10.1. The first-order valence-electron chi connectivity index (χ1n) is 10.1. The highest BCUT2D eigenvalue weighted by Gasteiger charge is 2.47. The van der Waals surface area contributed by atoms with Gasteiger partial charge in [0.25, 0.3) is 5.91 Å².